The minimum Gasteiger partial charge on any atom is -0.360 e. The molecule has 0 bridgehead atoms. The third kappa shape index (κ3) is 2.61. The first kappa shape index (κ1) is 11.1. The first-order valence-corrected chi connectivity index (χ1v) is 5.65. The van der Waals surface area contributed by atoms with E-state index in [1.165, 1.54) is 0 Å². The standard InChI is InChI=1S/C11H17N3O2/c1-7-5-10(14-16-7)13-11(15)8-3-2-4-9(12)6-8/h5,8-9H,2-4,6,12H2,1H3,(H,13,14,15). The van der Waals surface area contributed by atoms with Crippen LogP contribution in [0.25, 0.3) is 0 Å². The van der Waals surface area contributed by atoms with Gasteiger partial charge in [0, 0.05) is 18.0 Å². The fourth-order valence-electron chi connectivity index (χ4n) is 2.12. The second-order valence-corrected chi connectivity index (χ2v) is 4.44. The maximum atomic E-state index is 11.9. The van der Waals surface area contributed by atoms with Gasteiger partial charge in [0.15, 0.2) is 5.82 Å². The summed E-state index contributed by atoms with van der Waals surface area (Å²) in [4.78, 5) is 11.9. The van der Waals surface area contributed by atoms with Gasteiger partial charge in [-0.3, -0.25) is 4.79 Å². The molecule has 0 radical (unpaired) electrons. The summed E-state index contributed by atoms with van der Waals surface area (Å²) in [5.74, 6) is 1.20. The maximum Gasteiger partial charge on any atom is 0.228 e. The molecule has 2 rings (SSSR count). The van der Waals surface area contributed by atoms with Crippen molar-refractivity contribution in [3.63, 3.8) is 0 Å². The van der Waals surface area contributed by atoms with Crippen molar-refractivity contribution >= 4 is 11.7 Å². The van der Waals surface area contributed by atoms with Crippen molar-refractivity contribution < 1.29 is 9.32 Å². The minimum absolute atomic E-state index is 0.00319. The topological polar surface area (TPSA) is 81.2 Å². The molecule has 1 heterocycles. The molecule has 0 saturated heterocycles. The van der Waals surface area contributed by atoms with Crippen molar-refractivity contribution in [1.29, 1.82) is 0 Å². The lowest BCUT2D eigenvalue weighted by Gasteiger charge is -2.25. The normalized spacial score (nSPS) is 25.4. The monoisotopic (exact) mass is 223 g/mol. The molecule has 5 nitrogen and oxygen atoms in total. The number of aryl methyl sites for hydroxylation is 1. The lowest BCUT2D eigenvalue weighted by molar-refractivity contribution is -0.120. The second kappa shape index (κ2) is 4.65. The zero-order valence-electron chi connectivity index (χ0n) is 9.40. The fourth-order valence-corrected chi connectivity index (χ4v) is 2.12. The molecule has 0 aromatic carbocycles. The molecule has 1 aliphatic carbocycles. The molecule has 2 atom stereocenters. The van der Waals surface area contributed by atoms with Crippen LogP contribution < -0.4 is 11.1 Å². The Kier molecular flexibility index (Phi) is 3.24. The Balaban J connectivity index is 1.92. The molecule has 1 aromatic heterocycles. The molecular formula is C11H17N3O2. The van der Waals surface area contributed by atoms with Gasteiger partial charge >= 0.3 is 0 Å². The second-order valence-electron chi connectivity index (χ2n) is 4.44. The number of nitrogens with zero attached hydrogens (tertiary/aromatic N) is 1. The molecule has 0 spiro atoms. The molecule has 0 aliphatic heterocycles. The quantitative estimate of drug-likeness (QED) is 0.794. The van der Waals surface area contributed by atoms with Crippen LogP contribution in [0.3, 0.4) is 0 Å². The summed E-state index contributed by atoms with van der Waals surface area (Å²) in [7, 11) is 0. The number of hydrogen-bond donors (Lipinski definition) is 2. The van der Waals surface area contributed by atoms with E-state index in [0.29, 0.717) is 11.6 Å². The first-order chi connectivity index (χ1) is 7.65. The van der Waals surface area contributed by atoms with E-state index in [9.17, 15) is 4.79 Å². The number of nitrogens with one attached hydrogen (secondary N) is 1. The highest BCUT2D eigenvalue weighted by Crippen LogP contribution is 2.24. The zero-order chi connectivity index (χ0) is 11.5. The molecular weight excluding hydrogens is 206 g/mol. The van der Waals surface area contributed by atoms with Crippen LogP contribution in [0.5, 0.6) is 0 Å². The zero-order valence-corrected chi connectivity index (χ0v) is 9.40. The third-order valence-corrected chi connectivity index (χ3v) is 2.96. The Labute approximate surface area is 94.4 Å². The summed E-state index contributed by atoms with van der Waals surface area (Å²) in [5.41, 5.74) is 5.85. The summed E-state index contributed by atoms with van der Waals surface area (Å²) in [6.45, 7) is 1.79. The highest BCUT2D eigenvalue weighted by Gasteiger charge is 2.25. The molecule has 1 fully saturated rings. The number of amides is 1. The van der Waals surface area contributed by atoms with Gasteiger partial charge in [0.25, 0.3) is 0 Å². The van der Waals surface area contributed by atoms with E-state index in [1.807, 2.05) is 0 Å². The molecule has 3 N–H and O–H groups in total. The van der Waals surface area contributed by atoms with Crippen molar-refractivity contribution in [2.75, 3.05) is 5.32 Å². The van der Waals surface area contributed by atoms with E-state index < -0.39 is 0 Å². The predicted molar refractivity (Wildman–Crippen MR) is 59.8 cm³/mol. The molecule has 1 amide bonds. The number of hydrogen-bond acceptors (Lipinski definition) is 4. The van der Waals surface area contributed by atoms with Crippen molar-refractivity contribution in [1.82, 2.24) is 5.16 Å². The van der Waals surface area contributed by atoms with E-state index in [2.05, 4.69) is 10.5 Å². The Morgan fingerprint density at radius 2 is 2.44 bits per heavy atom. The van der Waals surface area contributed by atoms with E-state index >= 15 is 0 Å². The van der Waals surface area contributed by atoms with E-state index in [0.717, 1.165) is 25.7 Å². The van der Waals surface area contributed by atoms with Crippen LogP contribution in [0.4, 0.5) is 5.82 Å². The van der Waals surface area contributed by atoms with Crippen LogP contribution in [-0.4, -0.2) is 17.1 Å². The summed E-state index contributed by atoms with van der Waals surface area (Å²) in [5, 5.41) is 6.49. The molecule has 1 aromatic rings. The summed E-state index contributed by atoms with van der Waals surface area (Å²) in [6, 6.07) is 1.87. The van der Waals surface area contributed by atoms with Gasteiger partial charge in [-0.15, -0.1) is 0 Å². The van der Waals surface area contributed by atoms with Crippen molar-refractivity contribution in [3.8, 4) is 0 Å². The maximum absolute atomic E-state index is 11.9. The van der Waals surface area contributed by atoms with Gasteiger partial charge in [-0.2, -0.15) is 0 Å². The number of aromatic nitrogens is 1. The van der Waals surface area contributed by atoms with Gasteiger partial charge in [-0.05, 0) is 26.2 Å². The summed E-state index contributed by atoms with van der Waals surface area (Å²) >= 11 is 0. The summed E-state index contributed by atoms with van der Waals surface area (Å²) in [6.07, 6.45) is 3.73. The van der Waals surface area contributed by atoms with Crippen molar-refractivity contribution in [3.05, 3.63) is 11.8 Å². The highest BCUT2D eigenvalue weighted by atomic mass is 16.5. The smallest absolute Gasteiger partial charge is 0.228 e. The van der Waals surface area contributed by atoms with Crippen LogP contribution >= 0.6 is 0 Å². The lowest BCUT2D eigenvalue weighted by atomic mass is 9.85. The number of rotatable bonds is 2. The average molecular weight is 223 g/mol. The molecule has 1 aliphatic rings. The highest BCUT2D eigenvalue weighted by molar-refractivity contribution is 5.91. The van der Waals surface area contributed by atoms with Crippen LogP contribution in [0.15, 0.2) is 10.6 Å². The largest absolute Gasteiger partial charge is 0.360 e. The SMILES string of the molecule is Cc1cc(NC(=O)C2CCCC(N)C2)no1. The molecule has 2 unspecified atom stereocenters. The van der Waals surface area contributed by atoms with Gasteiger partial charge in [0.2, 0.25) is 5.91 Å². The third-order valence-electron chi connectivity index (χ3n) is 2.96. The van der Waals surface area contributed by atoms with Crippen LogP contribution in [0.1, 0.15) is 31.4 Å². The molecule has 5 heteroatoms. The van der Waals surface area contributed by atoms with E-state index in [-0.39, 0.29) is 17.9 Å². The molecule has 1 saturated carbocycles. The predicted octanol–water partition coefficient (Wildman–Crippen LogP) is 1.44. The van der Waals surface area contributed by atoms with Crippen molar-refractivity contribution in [2.45, 2.75) is 38.6 Å². The van der Waals surface area contributed by atoms with Gasteiger partial charge in [-0.1, -0.05) is 11.6 Å². The first-order valence-electron chi connectivity index (χ1n) is 5.65. The van der Waals surface area contributed by atoms with Gasteiger partial charge < -0.3 is 15.6 Å². The fraction of sp³-hybridized carbons (Fsp3) is 0.636. The number of anilines is 1. The Hall–Kier alpha value is -1.36. The van der Waals surface area contributed by atoms with Gasteiger partial charge in [-0.25, -0.2) is 0 Å². The Morgan fingerprint density at radius 3 is 3.06 bits per heavy atom. The number of carbonyl (C=O) groups excluding carboxylic acids is 1. The Bertz CT molecular complexity index is 375. The minimum atomic E-state index is 0.00319. The van der Waals surface area contributed by atoms with Crippen LogP contribution in [0.2, 0.25) is 0 Å². The number of nitrogens with two attached hydrogens (primary N) is 1. The van der Waals surface area contributed by atoms with Gasteiger partial charge in [0.05, 0.1) is 0 Å². The molecule has 88 valence electrons. The van der Waals surface area contributed by atoms with Crippen LogP contribution in [-0.2, 0) is 4.79 Å². The lowest BCUT2D eigenvalue weighted by Crippen LogP contribution is -2.34. The molecule has 16 heavy (non-hydrogen) atoms. The Morgan fingerprint density at radius 1 is 1.62 bits per heavy atom. The average Bonchev–Trinajstić information content (AvgIpc) is 2.64. The van der Waals surface area contributed by atoms with E-state index in [4.69, 9.17) is 10.3 Å². The van der Waals surface area contributed by atoms with Crippen LogP contribution in [0, 0.1) is 12.8 Å². The van der Waals surface area contributed by atoms with Gasteiger partial charge in [0.1, 0.15) is 5.76 Å². The number of carbonyl (C=O) groups is 1. The summed E-state index contributed by atoms with van der Waals surface area (Å²) < 4.78 is 4.88. The van der Waals surface area contributed by atoms with E-state index in [1.54, 1.807) is 13.0 Å². The van der Waals surface area contributed by atoms with Crippen molar-refractivity contribution in [2.24, 2.45) is 11.7 Å².